The number of carboxylic acid groups (broad SMARTS) is 2. The molecule has 0 saturated heterocycles. The molecule has 11 nitrogen and oxygen atoms in total. The number of phosphoric acid groups is 1. The number of carboxylic acids is 2. The first kappa shape index (κ1) is 45.4. The van der Waals surface area contributed by atoms with E-state index < -0.39 is 42.4 Å². The predicted molar refractivity (Wildman–Crippen MR) is 198 cm³/mol. The molecule has 2 aromatic carbocycles. The van der Waals surface area contributed by atoms with Crippen molar-refractivity contribution in [2.24, 2.45) is 0 Å². The number of aromatic hydroxyl groups is 2. The predicted octanol–water partition coefficient (Wildman–Crippen LogP) is 11.2. The summed E-state index contributed by atoms with van der Waals surface area (Å²) in [4.78, 5) is 33.5. The van der Waals surface area contributed by atoms with E-state index in [1.807, 2.05) is 0 Å². The molecule has 0 aromatic heterocycles. The van der Waals surface area contributed by atoms with Gasteiger partial charge in [-0.2, -0.15) is 0 Å². The molecule has 14 heteroatoms. The Morgan fingerprint density at radius 2 is 1.02 bits per heavy atom. The van der Waals surface area contributed by atoms with Gasteiger partial charge in [0.25, 0.3) is 0 Å². The average Bonchev–Trinajstić information content (AvgIpc) is 3.04. The van der Waals surface area contributed by atoms with E-state index in [-0.39, 0.29) is 52.5 Å². The number of benzene rings is 2. The van der Waals surface area contributed by atoms with Crippen LogP contribution in [-0.2, 0) is 13.6 Å². The SMILES string of the molecule is CCCCCCCCCCCCCCCCCCOP(=O)(O)OCCC=C(c1cc(Cl)c(O)c(C(=O)O)c1)c1cc(Cl)c(O)c(C(=O)O)c1.N. The fourth-order valence-corrected chi connectivity index (χ4v) is 6.69. The summed E-state index contributed by atoms with van der Waals surface area (Å²) in [5, 5.41) is 38.7. The largest absolute Gasteiger partial charge is 0.505 e. The van der Waals surface area contributed by atoms with Crippen molar-refractivity contribution in [2.45, 2.75) is 116 Å². The second-order valence-corrected chi connectivity index (χ2v) is 14.4. The monoisotopic (exact) mass is 761 g/mol. The molecule has 282 valence electrons. The number of aromatic carboxylic acids is 2. The summed E-state index contributed by atoms with van der Waals surface area (Å²) in [5.74, 6) is -4.22. The van der Waals surface area contributed by atoms with Gasteiger partial charge in [-0.25, -0.2) is 14.2 Å². The van der Waals surface area contributed by atoms with Crippen LogP contribution in [0.5, 0.6) is 11.5 Å². The van der Waals surface area contributed by atoms with E-state index in [9.17, 15) is 39.5 Å². The van der Waals surface area contributed by atoms with Gasteiger partial charge in [-0.3, -0.25) is 9.05 Å². The Kier molecular flexibility index (Phi) is 22.3. The molecular formula is C36H54Cl2NO10P. The van der Waals surface area contributed by atoms with Crippen LogP contribution in [0.2, 0.25) is 10.0 Å². The normalized spacial score (nSPS) is 12.2. The van der Waals surface area contributed by atoms with Crippen molar-refractivity contribution in [1.82, 2.24) is 6.15 Å². The molecular weight excluding hydrogens is 708 g/mol. The van der Waals surface area contributed by atoms with Gasteiger partial charge >= 0.3 is 19.8 Å². The van der Waals surface area contributed by atoms with Crippen LogP contribution < -0.4 is 6.15 Å². The lowest BCUT2D eigenvalue weighted by Gasteiger charge is -2.15. The van der Waals surface area contributed by atoms with Gasteiger partial charge in [0.05, 0.1) is 23.3 Å². The van der Waals surface area contributed by atoms with Gasteiger partial charge in [0.15, 0.2) is 0 Å². The summed E-state index contributed by atoms with van der Waals surface area (Å²) in [6, 6.07) is 4.82. The second-order valence-electron chi connectivity index (χ2n) is 12.2. The number of rotatable bonds is 26. The molecule has 0 spiro atoms. The lowest BCUT2D eigenvalue weighted by molar-refractivity contribution is 0.0682. The number of carbonyl (C=O) groups is 2. The van der Waals surface area contributed by atoms with E-state index in [0.29, 0.717) is 6.42 Å². The average molecular weight is 763 g/mol. The zero-order valence-electron chi connectivity index (χ0n) is 29.0. The highest BCUT2D eigenvalue weighted by atomic mass is 35.5. The van der Waals surface area contributed by atoms with E-state index in [1.54, 1.807) is 0 Å². The maximum Gasteiger partial charge on any atom is 0.472 e. The molecule has 0 aliphatic rings. The molecule has 1 atom stereocenters. The van der Waals surface area contributed by atoms with Crippen LogP contribution >= 0.6 is 31.0 Å². The first-order chi connectivity index (χ1) is 23.4. The molecule has 0 heterocycles. The topological polar surface area (TPSA) is 206 Å². The molecule has 0 fully saturated rings. The summed E-state index contributed by atoms with van der Waals surface area (Å²) >= 11 is 12.2. The minimum absolute atomic E-state index is 0. The minimum Gasteiger partial charge on any atom is -0.505 e. The first-order valence-electron chi connectivity index (χ1n) is 17.2. The van der Waals surface area contributed by atoms with Gasteiger partial charge in [0.1, 0.15) is 22.6 Å². The summed E-state index contributed by atoms with van der Waals surface area (Å²) in [7, 11) is -4.35. The van der Waals surface area contributed by atoms with Crippen molar-refractivity contribution >= 4 is 48.5 Å². The molecule has 0 amide bonds. The van der Waals surface area contributed by atoms with Gasteiger partial charge in [0.2, 0.25) is 0 Å². The van der Waals surface area contributed by atoms with Crippen molar-refractivity contribution < 1.29 is 48.5 Å². The van der Waals surface area contributed by atoms with Crippen LogP contribution in [0.3, 0.4) is 0 Å². The molecule has 0 radical (unpaired) electrons. The van der Waals surface area contributed by atoms with E-state index in [0.717, 1.165) is 31.4 Å². The standard InChI is InChI=1S/C36H51Cl2O10P.H3N/c1-2-3-4-5-6-7-8-9-10-11-12-13-14-15-16-17-20-47-49(45,46)48-21-18-19-28(26-22-29(35(41)42)33(39)31(37)24-26)27-23-30(36(43)44)34(40)32(38)25-27;/h19,22-25,39-40H,2-18,20-21H2,1H3,(H,41,42)(H,43,44)(H,45,46);1H3. The van der Waals surface area contributed by atoms with Crippen molar-refractivity contribution in [3.63, 3.8) is 0 Å². The number of unbranched alkanes of at least 4 members (excludes halogenated alkanes) is 15. The van der Waals surface area contributed by atoms with Gasteiger partial charge in [-0.1, -0.05) is 133 Å². The highest BCUT2D eigenvalue weighted by molar-refractivity contribution is 7.47. The Hall–Kier alpha value is -2.63. The van der Waals surface area contributed by atoms with Crippen LogP contribution in [0, 0.1) is 0 Å². The maximum absolute atomic E-state index is 12.4. The Morgan fingerprint density at radius 3 is 1.40 bits per heavy atom. The van der Waals surface area contributed by atoms with Crippen molar-refractivity contribution in [3.05, 3.63) is 62.6 Å². The first-order valence-corrected chi connectivity index (χ1v) is 19.5. The Bertz CT molecular complexity index is 1360. The molecule has 0 aliphatic heterocycles. The zero-order valence-corrected chi connectivity index (χ0v) is 31.4. The second kappa shape index (κ2) is 24.5. The molecule has 2 aromatic rings. The zero-order chi connectivity index (χ0) is 36.2. The summed E-state index contributed by atoms with van der Waals surface area (Å²) in [6.45, 7) is 2.04. The molecule has 50 heavy (non-hydrogen) atoms. The third kappa shape index (κ3) is 16.6. The van der Waals surface area contributed by atoms with Crippen LogP contribution in [0.4, 0.5) is 0 Å². The highest BCUT2D eigenvalue weighted by Crippen LogP contribution is 2.44. The summed E-state index contributed by atoms with van der Waals surface area (Å²) in [6.07, 6.45) is 21.0. The number of halogens is 2. The fraction of sp³-hybridized carbons (Fsp3) is 0.556. The fourth-order valence-electron chi connectivity index (χ4n) is 5.48. The van der Waals surface area contributed by atoms with Crippen molar-refractivity contribution in [3.8, 4) is 11.5 Å². The van der Waals surface area contributed by atoms with E-state index in [2.05, 4.69) is 6.92 Å². The molecule has 0 bridgehead atoms. The highest BCUT2D eigenvalue weighted by Gasteiger charge is 2.22. The number of phosphoric ester groups is 1. The molecule has 1 unspecified atom stereocenters. The number of phenols is 2. The minimum atomic E-state index is -4.35. The van der Waals surface area contributed by atoms with Gasteiger partial charge in [-0.15, -0.1) is 0 Å². The summed E-state index contributed by atoms with van der Waals surface area (Å²) < 4.78 is 22.7. The Labute approximate surface area is 305 Å². The van der Waals surface area contributed by atoms with Gasteiger partial charge in [-0.05, 0) is 53.8 Å². The quantitative estimate of drug-likeness (QED) is 0.0392. The lowest BCUT2D eigenvalue weighted by Crippen LogP contribution is -2.02. The molecule has 0 aliphatic carbocycles. The lowest BCUT2D eigenvalue weighted by atomic mass is 9.93. The third-order valence-electron chi connectivity index (χ3n) is 8.18. The van der Waals surface area contributed by atoms with Crippen LogP contribution in [0.15, 0.2) is 30.3 Å². The van der Waals surface area contributed by atoms with Crippen molar-refractivity contribution in [1.29, 1.82) is 0 Å². The molecule has 8 N–H and O–H groups in total. The van der Waals surface area contributed by atoms with Crippen LogP contribution in [0.1, 0.15) is 148 Å². The molecule has 2 rings (SSSR count). The van der Waals surface area contributed by atoms with E-state index in [4.69, 9.17) is 32.2 Å². The maximum atomic E-state index is 12.4. The smallest absolute Gasteiger partial charge is 0.472 e. The van der Waals surface area contributed by atoms with Crippen LogP contribution in [0.25, 0.3) is 5.57 Å². The van der Waals surface area contributed by atoms with Crippen LogP contribution in [-0.4, -0.2) is 50.5 Å². The Morgan fingerprint density at radius 1 is 0.660 bits per heavy atom. The number of hydrogen-bond acceptors (Lipinski definition) is 8. The van der Waals surface area contributed by atoms with Gasteiger partial charge in [0, 0.05) is 0 Å². The van der Waals surface area contributed by atoms with Gasteiger partial charge < -0.3 is 31.5 Å². The van der Waals surface area contributed by atoms with E-state index >= 15 is 0 Å². The van der Waals surface area contributed by atoms with E-state index in [1.165, 1.54) is 95.3 Å². The molecule has 0 saturated carbocycles. The van der Waals surface area contributed by atoms with Crippen molar-refractivity contribution in [2.75, 3.05) is 13.2 Å². The summed E-state index contributed by atoms with van der Waals surface area (Å²) in [5.41, 5.74) is -0.444. The third-order valence-corrected chi connectivity index (χ3v) is 9.78. The Balaban J connectivity index is 0.0000125. The number of hydrogen-bond donors (Lipinski definition) is 6.